The first-order valence-corrected chi connectivity index (χ1v) is 30.6. The van der Waals surface area contributed by atoms with Gasteiger partial charge in [-0.05, 0) is 80.9 Å². The van der Waals surface area contributed by atoms with Crippen molar-refractivity contribution in [3.8, 4) is 0 Å². The van der Waals surface area contributed by atoms with Crippen molar-refractivity contribution in [2.45, 2.75) is 187 Å². The highest BCUT2D eigenvalue weighted by Gasteiger charge is 2.79. The molecule has 350 valence electrons. The average Bonchev–Trinajstić information content (AvgIpc) is 3.20. The topological polar surface area (TPSA) is 127 Å². The zero-order valence-corrected chi connectivity index (χ0v) is 41.8. The Hall–Kier alpha value is -2.33. The minimum atomic E-state index is -2.76. The molecule has 3 fully saturated rings. The van der Waals surface area contributed by atoms with Crippen LogP contribution in [0.1, 0.15) is 99.4 Å². The van der Waals surface area contributed by atoms with Crippen LogP contribution in [-0.2, 0) is 37.1 Å². The second-order valence-electron chi connectivity index (χ2n) is 19.6. The fraction of sp³-hybridized carbons (Fsp3) is 0.750. The van der Waals surface area contributed by atoms with Crippen LogP contribution in [0.2, 0.25) is 55.9 Å². The van der Waals surface area contributed by atoms with E-state index in [-0.39, 0.29) is 19.4 Å². The third-order valence-corrected chi connectivity index (χ3v) is 25.6. The van der Waals surface area contributed by atoms with Gasteiger partial charge in [-0.2, -0.15) is 0 Å². The molecule has 0 unspecified atom stereocenters. The zero-order valence-electron chi connectivity index (χ0n) is 38.8. The van der Waals surface area contributed by atoms with E-state index in [9.17, 15) is 27.9 Å². The predicted octanol–water partition coefficient (Wildman–Crippen LogP) is 9.70. The number of aliphatic hydroxyl groups is 1. The normalized spacial score (nSPS) is 32.3. The third kappa shape index (κ3) is 7.84. The fourth-order valence-electron chi connectivity index (χ4n) is 11.2. The van der Waals surface area contributed by atoms with Crippen molar-refractivity contribution in [1.29, 1.82) is 0 Å². The number of hydrogen-bond donors (Lipinski definition) is 1. The van der Waals surface area contributed by atoms with Gasteiger partial charge in [-0.15, -0.1) is 0 Å². The van der Waals surface area contributed by atoms with E-state index < -0.39 is 136 Å². The van der Waals surface area contributed by atoms with Gasteiger partial charge in [-0.3, -0.25) is 9.59 Å². The Labute approximate surface area is 366 Å². The summed E-state index contributed by atoms with van der Waals surface area (Å²) in [5.74, 6) is -17.0. The molecule has 0 spiro atoms. The van der Waals surface area contributed by atoms with Crippen LogP contribution in [0, 0.1) is 45.8 Å². The van der Waals surface area contributed by atoms with Gasteiger partial charge >= 0.3 is 11.9 Å². The lowest BCUT2D eigenvalue weighted by molar-refractivity contribution is -0.344. The smallest absolute Gasteiger partial charge is 0.344 e. The van der Waals surface area contributed by atoms with Gasteiger partial charge in [-0.1, -0.05) is 55.4 Å². The number of carbonyl (C=O) groups is 3. The number of ether oxygens (including phenoxy) is 3. The first-order chi connectivity index (χ1) is 28.6. The molecule has 10 nitrogen and oxygen atoms in total. The molecule has 0 amide bonds. The van der Waals surface area contributed by atoms with Gasteiger partial charge in [0.05, 0.1) is 30.1 Å². The highest BCUT2D eigenvalue weighted by Crippen LogP contribution is 2.65. The monoisotopic (exact) mass is 934 g/mol. The lowest BCUT2D eigenvalue weighted by Gasteiger charge is -2.68. The van der Waals surface area contributed by atoms with Crippen molar-refractivity contribution < 1.29 is 68.9 Å². The summed E-state index contributed by atoms with van der Waals surface area (Å²) in [6, 6.07) is 3.88. The van der Waals surface area contributed by atoms with E-state index in [0.29, 0.717) is 47.4 Å². The summed E-state index contributed by atoms with van der Waals surface area (Å²) in [6.45, 7) is 25.5. The van der Waals surface area contributed by atoms with E-state index in [0.717, 1.165) is 6.92 Å². The molecule has 1 aromatic rings. The molecule has 9 atom stereocenters. The van der Waals surface area contributed by atoms with Gasteiger partial charge in [0.15, 0.2) is 59.6 Å². The van der Waals surface area contributed by atoms with Gasteiger partial charge < -0.3 is 32.6 Å². The van der Waals surface area contributed by atoms with Gasteiger partial charge in [-0.25, -0.2) is 26.7 Å². The van der Waals surface area contributed by atoms with E-state index >= 15 is 13.6 Å². The number of carbonyl (C=O) groups excluding carboxylic acids is 3. The summed E-state index contributed by atoms with van der Waals surface area (Å²) >= 11 is 0. The molecule has 1 heterocycles. The van der Waals surface area contributed by atoms with Gasteiger partial charge in [0.1, 0.15) is 29.5 Å². The molecule has 62 heavy (non-hydrogen) atoms. The van der Waals surface area contributed by atoms with Crippen LogP contribution < -0.4 is 0 Å². The van der Waals surface area contributed by atoms with Crippen LogP contribution in [0.5, 0.6) is 0 Å². The fourth-order valence-corrected chi connectivity index (χ4v) is 18.0. The second kappa shape index (κ2) is 17.5. The highest BCUT2D eigenvalue weighted by atomic mass is 28.4. The highest BCUT2D eigenvalue weighted by molar-refractivity contribution is 6.74. The Kier molecular flexibility index (Phi) is 14.3. The Balaban J connectivity index is 1.99. The van der Waals surface area contributed by atoms with Gasteiger partial charge in [0.2, 0.25) is 5.82 Å². The number of ketones is 1. The van der Waals surface area contributed by atoms with Crippen LogP contribution in [0.15, 0.2) is 11.1 Å². The summed E-state index contributed by atoms with van der Waals surface area (Å²) in [4.78, 5) is 44.4. The van der Waals surface area contributed by atoms with Crippen molar-refractivity contribution in [3.63, 3.8) is 0 Å². The van der Waals surface area contributed by atoms with Crippen molar-refractivity contribution in [3.05, 3.63) is 45.8 Å². The molecule has 1 saturated heterocycles. The summed E-state index contributed by atoms with van der Waals surface area (Å²) in [6.07, 6.45) is -6.63. The summed E-state index contributed by atoms with van der Waals surface area (Å²) in [7, 11) is -7.98. The molecule has 3 aliphatic carbocycles. The molecule has 5 rings (SSSR count). The first kappa shape index (κ1) is 50.7. The summed E-state index contributed by atoms with van der Waals surface area (Å²) < 4.78 is 115. The molecular formula is C44H67F5O10Si3. The number of halogens is 5. The first-order valence-electron chi connectivity index (χ1n) is 22.2. The maximum Gasteiger partial charge on any atom is 0.344 e. The lowest BCUT2D eigenvalue weighted by atomic mass is 9.44. The molecule has 4 aliphatic rings. The molecule has 18 heteroatoms. The maximum atomic E-state index is 16.6. The quantitative estimate of drug-likeness (QED) is 0.0454. The van der Waals surface area contributed by atoms with E-state index in [1.165, 1.54) is 0 Å². The Morgan fingerprint density at radius 1 is 0.790 bits per heavy atom. The molecule has 1 aliphatic heterocycles. The number of Topliss-reactive ketones (excluding diaryl/α,β-unsaturated/α-hetero) is 1. The standard InChI is InChI=1S/C44H67F5O10Si3/c1-15-61(16-2,17-3)58-27-21-28-43(23-54-28,56-25(8)50)37-39(55-40(52)29-31(45)33(47)35(49)34(48)32(29)46)44(53)22-26(57-60(12,13)14)24(7)30(41(44,9)10)36(38(51)42(27,37)11)59-62(18-4,19-5)20-6/h26-28,36-37,39,53H,15-23H2,1-14H3/t26-,27-,28+,36+,37-,39-,42+,43-,44+/m0/s1. The third-order valence-electron chi connectivity index (χ3n) is 15.4. The van der Waals surface area contributed by atoms with Gasteiger partial charge in [0, 0.05) is 25.2 Å². The molecule has 1 N–H and O–H groups in total. The SMILES string of the molecule is CC[Si](CC)(CC)O[C@H]1C(=O)[C@]2(C)[C@@H](O[Si](CC)(CC)CC)C[C@H]3OC[C@@]3(OC(C)=O)[C@H]2[C@H](OC(=O)c2c(F)c(F)c(F)c(F)c2F)[C@]2(O)C[C@H](O[Si](C)(C)C)C(C)=C1C2(C)C. The van der Waals surface area contributed by atoms with Crippen LogP contribution in [-0.4, -0.2) is 96.1 Å². The molecule has 0 aromatic heterocycles. The van der Waals surface area contributed by atoms with Crippen LogP contribution in [0.25, 0.3) is 0 Å². The number of fused-ring (bicyclic) bond motifs is 5. The minimum Gasteiger partial charge on any atom is -0.455 e. The van der Waals surface area contributed by atoms with Crippen molar-refractivity contribution in [2.24, 2.45) is 16.7 Å². The lowest BCUT2D eigenvalue weighted by Crippen LogP contribution is -2.82. The Morgan fingerprint density at radius 2 is 1.27 bits per heavy atom. The number of rotatable bonds is 15. The molecule has 2 saturated carbocycles. The van der Waals surface area contributed by atoms with Crippen LogP contribution in [0.3, 0.4) is 0 Å². The van der Waals surface area contributed by atoms with E-state index in [1.807, 2.05) is 68.1 Å². The van der Waals surface area contributed by atoms with Gasteiger partial charge in [0.25, 0.3) is 0 Å². The molecular weight excluding hydrogens is 868 g/mol. The Bertz CT molecular complexity index is 1920. The second-order valence-corrected chi connectivity index (χ2v) is 33.5. The summed E-state index contributed by atoms with van der Waals surface area (Å²) in [5.41, 5.74) is -8.60. The molecule has 1 aromatic carbocycles. The summed E-state index contributed by atoms with van der Waals surface area (Å²) in [5, 5.41) is 14.0. The van der Waals surface area contributed by atoms with E-state index in [4.69, 9.17) is 27.5 Å². The number of hydrogen-bond acceptors (Lipinski definition) is 10. The Morgan fingerprint density at radius 3 is 1.71 bits per heavy atom. The zero-order chi connectivity index (χ0) is 46.9. The molecule has 0 radical (unpaired) electrons. The van der Waals surface area contributed by atoms with Crippen molar-refractivity contribution in [1.82, 2.24) is 0 Å². The number of esters is 2. The van der Waals surface area contributed by atoms with E-state index in [1.54, 1.807) is 20.8 Å². The maximum absolute atomic E-state index is 16.6. The van der Waals surface area contributed by atoms with Crippen molar-refractivity contribution >= 4 is 42.7 Å². The van der Waals surface area contributed by atoms with Crippen LogP contribution in [0.4, 0.5) is 22.0 Å². The average molecular weight is 935 g/mol. The number of benzene rings is 1. The molecule has 2 bridgehead atoms. The predicted molar refractivity (Wildman–Crippen MR) is 229 cm³/mol. The van der Waals surface area contributed by atoms with E-state index in [2.05, 4.69) is 0 Å². The minimum absolute atomic E-state index is 0.0327. The van der Waals surface area contributed by atoms with Crippen LogP contribution >= 0.6 is 0 Å². The van der Waals surface area contributed by atoms with Crippen molar-refractivity contribution in [2.75, 3.05) is 6.61 Å². The largest absolute Gasteiger partial charge is 0.455 e.